The lowest BCUT2D eigenvalue weighted by molar-refractivity contribution is 0.0939. The summed E-state index contributed by atoms with van der Waals surface area (Å²) < 4.78 is 6.28. The third kappa shape index (κ3) is 6.21. The second-order valence-electron chi connectivity index (χ2n) is 4.56. The third-order valence-electron chi connectivity index (χ3n) is 2.76. The number of hydrogen-bond donors (Lipinski definition) is 1. The molecule has 1 N–H and O–H groups in total. The zero-order valence-electron chi connectivity index (χ0n) is 11.7. The van der Waals surface area contributed by atoms with Gasteiger partial charge in [0.15, 0.2) is 0 Å². The molecule has 3 nitrogen and oxygen atoms in total. The maximum Gasteiger partial charge on any atom is 0.252 e. The summed E-state index contributed by atoms with van der Waals surface area (Å²) in [6, 6.07) is 5.73. The molecule has 0 aliphatic carbocycles. The molecule has 0 aromatic heterocycles. The first-order valence-corrected chi connectivity index (χ1v) is 7.56. The molecule has 106 valence electrons. The minimum absolute atomic E-state index is 0.0413. The molecule has 1 rings (SSSR count). The largest absolute Gasteiger partial charge is 0.381 e. The van der Waals surface area contributed by atoms with Crippen molar-refractivity contribution in [3.05, 3.63) is 33.8 Å². The van der Waals surface area contributed by atoms with Crippen molar-refractivity contribution in [2.75, 3.05) is 19.8 Å². The Morgan fingerprint density at radius 2 is 2.05 bits per heavy atom. The van der Waals surface area contributed by atoms with Crippen molar-refractivity contribution in [1.29, 1.82) is 0 Å². The fourth-order valence-electron chi connectivity index (χ4n) is 1.62. The van der Waals surface area contributed by atoms with Crippen LogP contribution in [0.15, 0.2) is 22.7 Å². The van der Waals surface area contributed by atoms with Crippen molar-refractivity contribution in [2.45, 2.75) is 33.1 Å². The first-order chi connectivity index (χ1) is 9.15. The van der Waals surface area contributed by atoms with Crippen LogP contribution in [0.3, 0.4) is 0 Å². The Balaban J connectivity index is 2.24. The molecule has 0 saturated carbocycles. The number of carbonyl (C=O) groups excluding carboxylic acids is 1. The second-order valence-corrected chi connectivity index (χ2v) is 5.41. The van der Waals surface area contributed by atoms with Gasteiger partial charge in [-0.3, -0.25) is 4.79 Å². The molecule has 0 bridgehead atoms. The van der Waals surface area contributed by atoms with Crippen LogP contribution in [-0.2, 0) is 4.74 Å². The van der Waals surface area contributed by atoms with E-state index in [1.807, 2.05) is 25.1 Å². The van der Waals surface area contributed by atoms with Gasteiger partial charge in [0, 0.05) is 24.2 Å². The number of nitrogens with one attached hydrogen (secondary N) is 1. The molecule has 1 amide bonds. The summed E-state index contributed by atoms with van der Waals surface area (Å²) in [7, 11) is 0. The van der Waals surface area contributed by atoms with Gasteiger partial charge in [-0.1, -0.05) is 19.4 Å². The highest BCUT2D eigenvalue weighted by molar-refractivity contribution is 9.10. The van der Waals surface area contributed by atoms with Crippen molar-refractivity contribution in [3.63, 3.8) is 0 Å². The molecule has 19 heavy (non-hydrogen) atoms. The van der Waals surface area contributed by atoms with E-state index in [4.69, 9.17) is 4.74 Å². The molecule has 0 spiro atoms. The van der Waals surface area contributed by atoms with Gasteiger partial charge in [0.25, 0.3) is 5.91 Å². The predicted octanol–water partition coefficient (Wildman–Crippen LogP) is 3.69. The van der Waals surface area contributed by atoms with E-state index in [0.717, 1.165) is 35.9 Å². The van der Waals surface area contributed by atoms with E-state index in [9.17, 15) is 4.79 Å². The van der Waals surface area contributed by atoms with E-state index < -0.39 is 0 Å². The van der Waals surface area contributed by atoms with Crippen LogP contribution in [0.25, 0.3) is 0 Å². The molecule has 0 fully saturated rings. The Morgan fingerprint density at radius 3 is 2.74 bits per heavy atom. The van der Waals surface area contributed by atoms with Gasteiger partial charge in [0.05, 0.1) is 5.56 Å². The number of rotatable bonds is 8. The zero-order valence-corrected chi connectivity index (χ0v) is 13.3. The van der Waals surface area contributed by atoms with Crippen LogP contribution in [0.4, 0.5) is 0 Å². The summed E-state index contributed by atoms with van der Waals surface area (Å²) in [5.74, 6) is -0.0413. The highest BCUT2D eigenvalue weighted by Crippen LogP contribution is 2.18. The molecule has 1 aromatic rings. The Hall–Kier alpha value is -0.870. The van der Waals surface area contributed by atoms with Gasteiger partial charge in [-0.2, -0.15) is 0 Å². The van der Waals surface area contributed by atoms with E-state index >= 15 is 0 Å². The van der Waals surface area contributed by atoms with Gasteiger partial charge in [-0.15, -0.1) is 0 Å². The summed E-state index contributed by atoms with van der Waals surface area (Å²) in [6.45, 7) is 6.30. The van der Waals surface area contributed by atoms with Crippen LogP contribution in [0.5, 0.6) is 0 Å². The molecule has 0 radical (unpaired) electrons. The lowest BCUT2D eigenvalue weighted by Gasteiger charge is -2.08. The van der Waals surface area contributed by atoms with Crippen LogP contribution in [0.1, 0.15) is 42.1 Å². The summed E-state index contributed by atoms with van der Waals surface area (Å²) in [6.07, 6.45) is 3.10. The maximum atomic E-state index is 11.9. The number of halogens is 1. The smallest absolute Gasteiger partial charge is 0.252 e. The molecule has 1 aromatic carbocycles. The lowest BCUT2D eigenvalue weighted by atomic mass is 10.1. The van der Waals surface area contributed by atoms with Gasteiger partial charge in [0.1, 0.15) is 0 Å². The molecule has 0 saturated heterocycles. The van der Waals surface area contributed by atoms with Gasteiger partial charge in [-0.05, 0) is 53.4 Å². The number of benzene rings is 1. The van der Waals surface area contributed by atoms with E-state index in [1.165, 1.54) is 0 Å². The normalized spacial score (nSPS) is 10.5. The van der Waals surface area contributed by atoms with E-state index in [2.05, 4.69) is 28.2 Å². The molecule has 0 atom stereocenters. The second kappa shape index (κ2) is 9.10. The van der Waals surface area contributed by atoms with Crippen LogP contribution >= 0.6 is 15.9 Å². The number of unbranched alkanes of at least 4 members (excludes halogenated alkanes) is 1. The van der Waals surface area contributed by atoms with Gasteiger partial charge < -0.3 is 10.1 Å². The summed E-state index contributed by atoms with van der Waals surface area (Å²) in [4.78, 5) is 11.9. The highest BCUT2D eigenvalue weighted by atomic mass is 79.9. The molecule has 0 unspecified atom stereocenters. The van der Waals surface area contributed by atoms with Crippen molar-refractivity contribution < 1.29 is 9.53 Å². The molecular weight excluding hydrogens is 306 g/mol. The first kappa shape index (κ1) is 16.2. The Morgan fingerprint density at radius 1 is 1.32 bits per heavy atom. The van der Waals surface area contributed by atoms with E-state index in [0.29, 0.717) is 18.7 Å². The minimum Gasteiger partial charge on any atom is -0.381 e. The lowest BCUT2D eigenvalue weighted by Crippen LogP contribution is -2.25. The summed E-state index contributed by atoms with van der Waals surface area (Å²) >= 11 is 3.41. The van der Waals surface area contributed by atoms with Gasteiger partial charge in [0.2, 0.25) is 0 Å². The predicted molar refractivity (Wildman–Crippen MR) is 81.6 cm³/mol. The topological polar surface area (TPSA) is 38.3 Å². The Bertz CT molecular complexity index is 407. The van der Waals surface area contributed by atoms with Crippen molar-refractivity contribution in [2.24, 2.45) is 0 Å². The van der Waals surface area contributed by atoms with Crippen LogP contribution in [0, 0.1) is 6.92 Å². The molecule has 0 heterocycles. The van der Waals surface area contributed by atoms with Crippen LogP contribution in [-0.4, -0.2) is 25.7 Å². The van der Waals surface area contributed by atoms with E-state index in [-0.39, 0.29) is 5.91 Å². The van der Waals surface area contributed by atoms with Crippen LogP contribution < -0.4 is 5.32 Å². The molecular formula is C15H22BrNO2. The van der Waals surface area contributed by atoms with Crippen molar-refractivity contribution in [1.82, 2.24) is 5.32 Å². The van der Waals surface area contributed by atoms with Gasteiger partial charge >= 0.3 is 0 Å². The summed E-state index contributed by atoms with van der Waals surface area (Å²) in [5, 5.41) is 2.90. The quantitative estimate of drug-likeness (QED) is 0.739. The van der Waals surface area contributed by atoms with Crippen molar-refractivity contribution >= 4 is 21.8 Å². The SMILES string of the molecule is CCCCOCCCNC(=O)c1ccc(C)cc1Br. The number of carbonyl (C=O) groups is 1. The Labute approximate surface area is 123 Å². The standard InChI is InChI=1S/C15H22BrNO2/c1-3-4-9-19-10-5-8-17-15(18)13-7-6-12(2)11-14(13)16/h6-7,11H,3-5,8-10H2,1-2H3,(H,17,18). The average molecular weight is 328 g/mol. The monoisotopic (exact) mass is 327 g/mol. The third-order valence-corrected chi connectivity index (χ3v) is 3.42. The minimum atomic E-state index is -0.0413. The molecule has 4 heteroatoms. The van der Waals surface area contributed by atoms with Crippen LogP contribution in [0.2, 0.25) is 0 Å². The fraction of sp³-hybridized carbons (Fsp3) is 0.533. The average Bonchev–Trinajstić information content (AvgIpc) is 2.37. The first-order valence-electron chi connectivity index (χ1n) is 6.77. The van der Waals surface area contributed by atoms with Crippen molar-refractivity contribution in [3.8, 4) is 0 Å². The zero-order chi connectivity index (χ0) is 14.1. The number of ether oxygens (including phenoxy) is 1. The maximum absolute atomic E-state index is 11.9. The number of amides is 1. The number of hydrogen-bond acceptors (Lipinski definition) is 2. The fourth-order valence-corrected chi connectivity index (χ4v) is 2.30. The summed E-state index contributed by atoms with van der Waals surface area (Å²) in [5.41, 5.74) is 1.81. The molecule has 0 aliphatic heterocycles. The Kier molecular flexibility index (Phi) is 7.75. The van der Waals surface area contributed by atoms with E-state index in [1.54, 1.807) is 0 Å². The highest BCUT2D eigenvalue weighted by Gasteiger charge is 2.08. The number of aryl methyl sites for hydroxylation is 1. The molecule has 0 aliphatic rings. The van der Waals surface area contributed by atoms with Gasteiger partial charge in [-0.25, -0.2) is 0 Å².